The molecule has 0 aliphatic carbocycles. The van der Waals surface area contributed by atoms with E-state index in [1.54, 1.807) is 23.1 Å². The number of aromatic hydroxyl groups is 1. The first-order valence-electron chi connectivity index (χ1n) is 9.67. The molecule has 0 saturated carbocycles. The van der Waals surface area contributed by atoms with Crippen LogP contribution < -0.4 is 14.5 Å². The Balaban J connectivity index is 1.59. The smallest absolute Gasteiger partial charge is 0.231 e. The van der Waals surface area contributed by atoms with E-state index in [9.17, 15) is 9.90 Å². The topological polar surface area (TPSA) is 55.4 Å². The van der Waals surface area contributed by atoms with Gasteiger partial charge in [-0.25, -0.2) is 0 Å². The SMILES string of the molecule is CC[NH+]1CC[NH+](Cc2c(O)ccc3c2O/C(=C\c2ccccc2)C3=O)CC1. The minimum absolute atomic E-state index is 0.120. The molecule has 0 atom stereocenters. The summed E-state index contributed by atoms with van der Waals surface area (Å²) in [6, 6.07) is 12.9. The molecule has 0 amide bonds. The molecule has 0 unspecified atom stereocenters. The standard InChI is InChI=1S/C22H24N2O3/c1-2-23-10-12-24(13-11-23)15-18-19(25)9-8-17-21(26)20(27-22(17)18)14-16-6-4-3-5-7-16/h3-9,14,25H,2,10-13,15H2,1H3/p+2/b20-14-. The molecule has 5 nitrogen and oxygen atoms in total. The van der Waals surface area contributed by atoms with E-state index in [1.807, 2.05) is 30.3 Å². The number of likely N-dealkylation sites (N-methyl/N-ethyl adjacent to an activating group) is 1. The number of benzene rings is 2. The summed E-state index contributed by atoms with van der Waals surface area (Å²) < 4.78 is 5.95. The third kappa shape index (κ3) is 3.61. The van der Waals surface area contributed by atoms with E-state index in [0.29, 0.717) is 23.6 Å². The number of quaternary nitrogens is 2. The number of carbonyl (C=O) groups is 1. The molecule has 2 aromatic carbocycles. The zero-order valence-electron chi connectivity index (χ0n) is 15.6. The van der Waals surface area contributed by atoms with E-state index < -0.39 is 0 Å². The van der Waals surface area contributed by atoms with Crippen molar-refractivity contribution in [3.05, 3.63) is 64.9 Å². The number of carbonyl (C=O) groups excluding carboxylic acids is 1. The number of nitrogens with one attached hydrogen (secondary N) is 2. The first-order valence-corrected chi connectivity index (χ1v) is 9.67. The molecule has 0 spiro atoms. The van der Waals surface area contributed by atoms with Crippen LogP contribution in [-0.4, -0.2) is 43.6 Å². The van der Waals surface area contributed by atoms with Crippen LogP contribution in [0.25, 0.3) is 6.08 Å². The van der Waals surface area contributed by atoms with Gasteiger partial charge in [-0.2, -0.15) is 0 Å². The van der Waals surface area contributed by atoms with Crippen molar-refractivity contribution < 1.29 is 24.4 Å². The Morgan fingerprint density at radius 1 is 1.04 bits per heavy atom. The summed E-state index contributed by atoms with van der Waals surface area (Å²) in [5.74, 6) is 0.934. The molecule has 4 rings (SSSR count). The zero-order valence-corrected chi connectivity index (χ0v) is 15.6. The number of hydrogen-bond acceptors (Lipinski definition) is 3. The lowest BCUT2D eigenvalue weighted by atomic mass is 10.0. The molecular formula is C22H26N2O3+2. The lowest BCUT2D eigenvalue weighted by molar-refractivity contribution is -1.02. The number of Topliss-reactive ketones (excluding diaryl/α,β-unsaturated/α-hetero) is 1. The van der Waals surface area contributed by atoms with E-state index in [2.05, 4.69) is 6.92 Å². The van der Waals surface area contributed by atoms with Crippen LogP contribution in [0.15, 0.2) is 48.2 Å². The molecule has 140 valence electrons. The van der Waals surface area contributed by atoms with Gasteiger partial charge in [-0.3, -0.25) is 4.79 Å². The van der Waals surface area contributed by atoms with Gasteiger partial charge in [0.1, 0.15) is 38.5 Å². The van der Waals surface area contributed by atoms with Gasteiger partial charge in [0.2, 0.25) is 5.78 Å². The van der Waals surface area contributed by atoms with E-state index in [4.69, 9.17) is 4.74 Å². The van der Waals surface area contributed by atoms with Crippen LogP contribution in [0, 0.1) is 0 Å². The molecule has 2 aliphatic heterocycles. The van der Waals surface area contributed by atoms with Crippen molar-refractivity contribution in [1.29, 1.82) is 0 Å². The minimum Gasteiger partial charge on any atom is -0.507 e. The molecule has 3 N–H and O–H groups in total. The number of allylic oxidation sites excluding steroid dienone is 1. The highest BCUT2D eigenvalue weighted by Gasteiger charge is 2.33. The van der Waals surface area contributed by atoms with Crippen LogP contribution in [-0.2, 0) is 6.54 Å². The van der Waals surface area contributed by atoms with Gasteiger partial charge in [-0.15, -0.1) is 0 Å². The predicted octanol–water partition coefficient (Wildman–Crippen LogP) is 0.312. The van der Waals surface area contributed by atoms with Crippen molar-refractivity contribution in [2.75, 3.05) is 32.7 Å². The Kier molecular flexibility index (Phi) is 4.97. The van der Waals surface area contributed by atoms with Crippen LogP contribution >= 0.6 is 0 Å². The van der Waals surface area contributed by atoms with Gasteiger partial charge in [-0.05, 0) is 30.7 Å². The van der Waals surface area contributed by atoms with Crippen molar-refractivity contribution in [1.82, 2.24) is 0 Å². The van der Waals surface area contributed by atoms with E-state index in [0.717, 1.165) is 43.9 Å². The lowest BCUT2D eigenvalue weighted by Gasteiger charge is -2.29. The van der Waals surface area contributed by atoms with Gasteiger partial charge in [0.05, 0.1) is 17.7 Å². The molecule has 2 heterocycles. The fourth-order valence-electron chi connectivity index (χ4n) is 3.91. The fourth-order valence-corrected chi connectivity index (χ4v) is 3.91. The average Bonchev–Trinajstić information content (AvgIpc) is 3.01. The maximum atomic E-state index is 12.8. The summed E-state index contributed by atoms with van der Waals surface area (Å²) in [5, 5.41) is 10.4. The number of rotatable bonds is 4. The van der Waals surface area contributed by atoms with Gasteiger partial charge < -0.3 is 19.6 Å². The Morgan fingerprint density at radius 3 is 2.44 bits per heavy atom. The average molecular weight is 366 g/mol. The van der Waals surface area contributed by atoms with Crippen molar-refractivity contribution in [3.63, 3.8) is 0 Å². The molecular weight excluding hydrogens is 340 g/mol. The van der Waals surface area contributed by atoms with E-state index >= 15 is 0 Å². The van der Waals surface area contributed by atoms with Gasteiger partial charge in [0.25, 0.3) is 0 Å². The largest absolute Gasteiger partial charge is 0.507 e. The third-order valence-corrected chi connectivity index (χ3v) is 5.60. The molecule has 27 heavy (non-hydrogen) atoms. The second-order valence-electron chi connectivity index (χ2n) is 7.32. The summed E-state index contributed by atoms with van der Waals surface area (Å²) in [6.45, 7) is 8.46. The highest BCUT2D eigenvalue weighted by atomic mass is 16.5. The first-order chi connectivity index (χ1) is 13.2. The van der Waals surface area contributed by atoms with Gasteiger partial charge in [0, 0.05) is 0 Å². The summed E-state index contributed by atoms with van der Waals surface area (Å²) in [4.78, 5) is 15.8. The predicted molar refractivity (Wildman–Crippen MR) is 103 cm³/mol. The Labute approximate surface area is 159 Å². The summed E-state index contributed by atoms with van der Waals surface area (Å²) in [5.41, 5.74) is 2.21. The molecule has 2 aliphatic rings. The molecule has 0 bridgehead atoms. The van der Waals surface area contributed by atoms with Crippen LogP contribution in [0.1, 0.15) is 28.4 Å². The number of fused-ring (bicyclic) bond motifs is 1. The molecule has 5 heteroatoms. The zero-order chi connectivity index (χ0) is 18.8. The number of phenols is 1. The summed E-state index contributed by atoms with van der Waals surface area (Å²) in [6.07, 6.45) is 1.76. The van der Waals surface area contributed by atoms with Gasteiger partial charge in [-0.1, -0.05) is 30.3 Å². The van der Waals surface area contributed by atoms with Crippen LogP contribution in [0.3, 0.4) is 0 Å². The van der Waals surface area contributed by atoms with E-state index in [-0.39, 0.29) is 11.5 Å². The second-order valence-corrected chi connectivity index (χ2v) is 7.32. The Hall–Kier alpha value is -2.63. The van der Waals surface area contributed by atoms with Crippen molar-refractivity contribution in [2.45, 2.75) is 13.5 Å². The van der Waals surface area contributed by atoms with Crippen molar-refractivity contribution in [2.24, 2.45) is 0 Å². The Bertz CT molecular complexity index is 869. The molecule has 0 aromatic heterocycles. The quantitative estimate of drug-likeness (QED) is 0.683. The number of ether oxygens (including phenoxy) is 1. The van der Waals surface area contributed by atoms with Crippen LogP contribution in [0.2, 0.25) is 0 Å². The van der Waals surface area contributed by atoms with Crippen LogP contribution in [0.4, 0.5) is 0 Å². The summed E-state index contributed by atoms with van der Waals surface area (Å²) in [7, 11) is 0. The van der Waals surface area contributed by atoms with E-state index in [1.165, 1.54) is 4.90 Å². The van der Waals surface area contributed by atoms with Gasteiger partial charge in [0.15, 0.2) is 11.5 Å². The highest BCUT2D eigenvalue weighted by molar-refractivity contribution is 6.14. The molecule has 2 aromatic rings. The third-order valence-electron chi connectivity index (χ3n) is 5.60. The molecule has 1 saturated heterocycles. The second kappa shape index (κ2) is 7.55. The maximum absolute atomic E-state index is 12.8. The highest BCUT2D eigenvalue weighted by Crippen LogP contribution is 2.39. The monoisotopic (exact) mass is 366 g/mol. The number of phenolic OH excluding ortho intramolecular Hbond substituents is 1. The number of hydrogen-bond donors (Lipinski definition) is 3. The minimum atomic E-state index is -0.120. The Morgan fingerprint density at radius 2 is 1.74 bits per heavy atom. The van der Waals surface area contributed by atoms with Gasteiger partial charge >= 0.3 is 0 Å². The molecule has 1 fully saturated rings. The molecule has 0 radical (unpaired) electrons. The lowest BCUT2D eigenvalue weighted by Crippen LogP contribution is -3.27. The normalized spacial score (nSPS) is 23.3. The van der Waals surface area contributed by atoms with Crippen LogP contribution in [0.5, 0.6) is 11.5 Å². The maximum Gasteiger partial charge on any atom is 0.231 e. The van der Waals surface area contributed by atoms with Crippen molar-refractivity contribution in [3.8, 4) is 11.5 Å². The first kappa shape index (κ1) is 17.8. The van der Waals surface area contributed by atoms with Crippen molar-refractivity contribution >= 4 is 11.9 Å². The summed E-state index contributed by atoms with van der Waals surface area (Å²) >= 11 is 0. The number of ketones is 1. The fraction of sp³-hybridized carbons (Fsp3) is 0.318. The number of piperazine rings is 1.